The van der Waals surface area contributed by atoms with Crippen molar-refractivity contribution in [2.45, 2.75) is 51.2 Å². The van der Waals surface area contributed by atoms with Crippen LogP contribution in [-0.4, -0.2) is 6.10 Å². The number of ether oxygens (including phenoxy) is 1. The Morgan fingerprint density at radius 1 is 1.26 bits per heavy atom. The molecule has 0 aromatic heterocycles. The minimum Gasteiger partial charge on any atom is -0.490 e. The van der Waals surface area contributed by atoms with Gasteiger partial charge in [-0.15, -0.1) is 0 Å². The third-order valence-electron chi connectivity index (χ3n) is 4.64. The summed E-state index contributed by atoms with van der Waals surface area (Å²) in [5.74, 6) is 1.75. The standard InChI is InChI=1S/C16H22FNO/c1-10-3-2-4-11(7-10)15-9-14(18)13-6-5-12(17)8-16(13)19-15/h5-6,8,10-11,14-15H,2-4,7,9,18H2,1H3/t10?,11?,14-,15?/m0/s1. The summed E-state index contributed by atoms with van der Waals surface area (Å²) in [6.07, 6.45) is 6.04. The molecule has 3 rings (SSSR count). The Kier molecular flexibility index (Phi) is 3.48. The fraction of sp³-hybridized carbons (Fsp3) is 0.625. The lowest BCUT2D eigenvalue weighted by Gasteiger charge is -2.38. The van der Waals surface area contributed by atoms with Crippen molar-refractivity contribution in [3.63, 3.8) is 0 Å². The molecule has 3 unspecified atom stereocenters. The molecule has 0 saturated heterocycles. The number of nitrogens with two attached hydrogens (primary N) is 1. The minimum atomic E-state index is -0.247. The lowest BCUT2D eigenvalue weighted by atomic mass is 9.77. The summed E-state index contributed by atoms with van der Waals surface area (Å²) in [5.41, 5.74) is 7.17. The molecule has 1 aliphatic heterocycles. The summed E-state index contributed by atoms with van der Waals surface area (Å²) in [6.45, 7) is 2.31. The Labute approximate surface area is 114 Å². The van der Waals surface area contributed by atoms with E-state index < -0.39 is 0 Å². The van der Waals surface area contributed by atoms with Crippen LogP contribution in [0.3, 0.4) is 0 Å². The number of hydrogen-bond donors (Lipinski definition) is 1. The zero-order chi connectivity index (χ0) is 13.4. The number of fused-ring (bicyclic) bond motifs is 1. The highest BCUT2D eigenvalue weighted by Crippen LogP contribution is 2.40. The first-order chi connectivity index (χ1) is 9.13. The second-order valence-electron chi connectivity index (χ2n) is 6.21. The van der Waals surface area contributed by atoms with Crippen molar-refractivity contribution < 1.29 is 9.13 Å². The summed E-state index contributed by atoms with van der Waals surface area (Å²) in [5, 5.41) is 0. The zero-order valence-corrected chi connectivity index (χ0v) is 11.4. The molecule has 1 aromatic rings. The molecule has 1 aromatic carbocycles. The van der Waals surface area contributed by atoms with E-state index in [1.54, 1.807) is 6.07 Å². The summed E-state index contributed by atoms with van der Waals surface area (Å²) in [6, 6.07) is 4.68. The highest BCUT2D eigenvalue weighted by atomic mass is 19.1. The third kappa shape index (κ3) is 2.62. The Hall–Kier alpha value is -1.09. The lowest BCUT2D eigenvalue weighted by Crippen LogP contribution is -2.37. The number of hydrogen-bond acceptors (Lipinski definition) is 2. The van der Waals surface area contributed by atoms with E-state index in [9.17, 15) is 4.39 Å². The first-order valence-corrected chi connectivity index (χ1v) is 7.35. The van der Waals surface area contributed by atoms with Crippen LogP contribution < -0.4 is 10.5 Å². The molecule has 1 aliphatic carbocycles. The van der Waals surface area contributed by atoms with Gasteiger partial charge in [-0.25, -0.2) is 4.39 Å². The maximum Gasteiger partial charge on any atom is 0.127 e. The second-order valence-corrected chi connectivity index (χ2v) is 6.21. The van der Waals surface area contributed by atoms with Crippen LogP contribution in [0, 0.1) is 17.7 Å². The summed E-state index contributed by atoms with van der Waals surface area (Å²) >= 11 is 0. The average molecular weight is 263 g/mol. The van der Waals surface area contributed by atoms with E-state index in [0.29, 0.717) is 11.7 Å². The van der Waals surface area contributed by atoms with Crippen LogP contribution in [0.2, 0.25) is 0 Å². The molecule has 19 heavy (non-hydrogen) atoms. The SMILES string of the molecule is CC1CCCC(C2C[C@H](N)c3ccc(F)cc3O2)C1. The van der Waals surface area contributed by atoms with Gasteiger partial charge < -0.3 is 10.5 Å². The predicted molar refractivity (Wildman–Crippen MR) is 73.5 cm³/mol. The molecule has 4 atom stereocenters. The van der Waals surface area contributed by atoms with Crippen LogP contribution in [0.1, 0.15) is 50.6 Å². The molecule has 2 N–H and O–H groups in total. The van der Waals surface area contributed by atoms with Gasteiger partial charge in [-0.1, -0.05) is 25.8 Å². The largest absolute Gasteiger partial charge is 0.490 e. The quantitative estimate of drug-likeness (QED) is 0.836. The minimum absolute atomic E-state index is 0.0217. The van der Waals surface area contributed by atoms with Crippen molar-refractivity contribution in [1.82, 2.24) is 0 Å². The van der Waals surface area contributed by atoms with E-state index in [1.807, 2.05) is 0 Å². The van der Waals surface area contributed by atoms with E-state index in [0.717, 1.165) is 17.9 Å². The van der Waals surface area contributed by atoms with Gasteiger partial charge in [0.2, 0.25) is 0 Å². The maximum atomic E-state index is 13.3. The van der Waals surface area contributed by atoms with Crippen LogP contribution in [-0.2, 0) is 0 Å². The summed E-state index contributed by atoms with van der Waals surface area (Å²) in [7, 11) is 0. The first-order valence-electron chi connectivity index (χ1n) is 7.35. The van der Waals surface area contributed by atoms with Gasteiger partial charge in [-0.2, -0.15) is 0 Å². The van der Waals surface area contributed by atoms with Gasteiger partial charge >= 0.3 is 0 Å². The van der Waals surface area contributed by atoms with Gasteiger partial charge in [0.25, 0.3) is 0 Å². The van der Waals surface area contributed by atoms with Gasteiger partial charge in [-0.3, -0.25) is 0 Å². The molecule has 2 aliphatic rings. The van der Waals surface area contributed by atoms with E-state index in [-0.39, 0.29) is 18.0 Å². The van der Waals surface area contributed by atoms with Gasteiger partial charge in [-0.05, 0) is 30.7 Å². The van der Waals surface area contributed by atoms with Crippen molar-refractivity contribution in [1.29, 1.82) is 0 Å². The van der Waals surface area contributed by atoms with Crippen LogP contribution in [0.15, 0.2) is 18.2 Å². The molecule has 104 valence electrons. The normalized spacial score (nSPS) is 34.5. The summed E-state index contributed by atoms with van der Waals surface area (Å²) < 4.78 is 19.4. The zero-order valence-electron chi connectivity index (χ0n) is 11.4. The topological polar surface area (TPSA) is 35.2 Å². The van der Waals surface area contributed by atoms with Crippen LogP contribution in [0.5, 0.6) is 5.75 Å². The predicted octanol–water partition coefficient (Wildman–Crippen LogP) is 3.80. The van der Waals surface area contributed by atoms with E-state index in [1.165, 1.54) is 37.8 Å². The Balaban J connectivity index is 1.80. The number of benzene rings is 1. The molecule has 0 radical (unpaired) electrons. The monoisotopic (exact) mass is 263 g/mol. The molecule has 1 fully saturated rings. The van der Waals surface area contributed by atoms with Crippen molar-refractivity contribution in [3.05, 3.63) is 29.6 Å². The first kappa shape index (κ1) is 12.9. The fourth-order valence-corrected chi connectivity index (χ4v) is 3.61. The van der Waals surface area contributed by atoms with Gasteiger partial charge in [0.05, 0.1) is 0 Å². The second kappa shape index (κ2) is 5.12. The van der Waals surface area contributed by atoms with Gasteiger partial charge in [0, 0.05) is 24.1 Å². The van der Waals surface area contributed by atoms with E-state index >= 15 is 0 Å². The highest BCUT2D eigenvalue weighted by molar-refractivity contribution is 5.38. The van der Waals surface area contributed by atoms with Crippen LogP contribution >= 0.6 is 0 Å². The molecule has 3 heteroatoms. The van der Waals surface area contributed by atoms with Crippen LogP contribution in [0.4, 0.5) is 4.39 Å². The molecule has 1 saturated carbocycles. The van der Waals surface area contributed by atoms with Crippen LogP contribution in [0.25, 0.3) is 0 Å². The van der Waals surface area contributed by atoms with Crippen molar-refractivity contribution in [3.8, 4) is 5.75 Å². The van der Waals surface area contributed by atoms with Gasteiger partial charge in [0.15, 0.2) is 0 Å². The number of halogens is 1. The molecule has 2 nitrogen and oxygen atoms in total. The smallest absolute Gasteiger partial charge is 0.127 e. The molecule has 0 bridgehead atoms. The van der Waals surface area contributed by atoms with E-state index in [2.05, 4.69) is 6.92 Å². The number of rotatable bonds is 1. The summed E-state index contributed by atoms with van der Waals surface area (Å²) in [4.78, 5) is 0. The average Bonchev–Trinajstić information content (AvgIpc) is 2.38. The molecule has 0 amide bonds. The highest BCUT2D eigenvalue weighted by Gasteiger charge is 2.34. The molecular weight excluding hydrogens is 241 g/mol. The molecular formula is C16H22FNO. The fourth-order valence-electron chi connectivity index (χ4n) is 3.61. The van der Waals surface area contributed by atoms with Gasteiger partial charge in [0.1, 0.15) is 17.7 Å². The Morgan fingerprint density at radius 3 is 2.89 bits per heavy atom. The van der Waals surface area contributed by atoms with Crippen molar-refractivity contribution in [2.75, 3.05) is 0 Å². The van der Waals surface area contributed by atoms with E-state index in [4.69, 9.17) is 10.5 Å². The lowest BCUT2D eigenvalue weighted by molar-refractivity contribution is 0.0662. The molecule has 1 heterocycles. The third-order valence-corrected chi connectivity index (χ3v) is 4.64. The van der Waals surface area contributed by atoms with Crippen molar-refractivity contribution >= 4 is 0 Å². The molecule has 0 spiro atoms. The Bertz CT molecular complexity index is 462. The maximum absolute atomic E-state index is 13.3. The van der Waals surface area contributed by atoms with Crippen molar-refractivity contribution in [2.24, 2.45) is 17.6 Å². The Morgan fingerprint density at radius 2 is 2.11 bits per heavy atom.